The van der Waals surface area contributed by atoms with Crippen LogP contribution in [0.4, 0.5) is 5.82 Å². The molecule has 7 nitrogen and oxygen atoms in total. The fourth-order valence-corrected chi connectivity index (χ4v) is 4.74. The summed E-state index contributed by atoms with van der Waals surface area (Å²) in [5, 5.41) is 0. The van der Waals surface area contributed by atoms with Crippen LogP contribution in [-0.4, -0.2) is 54.6 Å². The molecule has 2 aliphatic heterocycles. The lowest BCUT2D eigenvalue weighted by molar-refractivity contribution is -0.118. The highest BCUT2D eigenvalue weighted by Crippen LogP contribution is 2.32. The minimum Gasteiger partial charge on any atom is -0.496 e. The second kappa shape index (κ2) is 9.96. The third-order valence-electron chi connectivity index (χ3n) is 6.66. The fourth-order valence-electron chi connectivity index (χ4n) is 4.74. The SMILES string of the molecule is CCOCc1cc(CN2CCC(c3nc(C)c4c(n3)N(C)C(=O)CC4)CC2)ccc1OC. The zero-order chi connectivity index (χ0) is 22.7. The van der Waals surface area contributed by atoms with E-state index in [4.69, 9.17) is 19.4 Å². The van der Waals surface area contributed by atoms with Crippen molar-refractivity contribution < 1.29 is 14.3 Å². The van der Waals surface area contributed by atoms with Crippen molar-refractivity contribution in [2.24, 2.45) is 0 Å². The number of piperidine rings is 1. The first-order chi connectivity index (χ1) is 15.5. The Kier molecular flexibility index (Phi) is 7.06. The number of methoxy groups -OCH3 is 1. The van der Waals surface area contributed by atoms with E-state index >= 15 is 0 Å². The van der Waals surface area contributed by atoms with E-state index < -0.39 is 0 Å². The highest BCUT2D eigenvalue weighted by atomic mass is 16.5. The van der Waals surface area contributed by atoms with Gasteiger partial charge in [0, 0.05) is 49.4 Å². The fraction of sp³-hybridized carbons (Fsp3) is 0.560. The number of benzene rings is 1. The Balaban J connectivity index is 1.41. The number of aromatic nitrogens is 2. The molecule has 1 amide bonds. The molecule has 1 aromatic carbocycles. The normalized spacial score (nSPS) is 17.5. The second-order valence-electron chi connectivity index (χ2n) is 8.76. The predicted octanol–water partition coefficient (Wildman–Crippen LogP) is 3.62. The molecule has 172 valence electrons. The Bertz CT molecular complexity index is 970. The van der Waals surface area contributed by atoms with Crippen LogP contribution < -0.4 is 9.64 Å². The minimum atomic E-state index is 0.138. The zero-order valence-corrected chi connectivity index (χ0v) is 19.7. The lowest BCUT2D eigenvalue weighted by atomic mass is 9.94. The first kappa shape index (κ1) is 22.7. The molecule has 1 aromatic heterocycles. The number of carbonyl (C=O) groups is 1. The summed E-state index contributed by atoms with van der Waals surface area (Å²) >= 11 is 0. The van der Waals surface area contributed by atoms with Crippen molar-refractivity contribution in [2.75, 3.05) is 38.8 Å². The third-order valence-corrected chi connectivity index (χ3v) is 6.66. The summed E-state index contributed by atoms with van der Waals surface area (Å²) in [6.07, 6.45) is 3.34. The van der Waals surface area contributed by atoms with Crippen LogP contribution in [0.3, 0.4) is 0 Å². The van der Waals surface area contributed by atoms with E-state index in [9.17, 15) is 4.79 Å². The van der Waals surface area contributed by atoms with Gasteiger partial charge in [-0.05, 0) is 63.9 Å². The molecule has 2 aromatic rings. The minimum absolute atomic E-state index is 0.138. The highest BCUT2D eigenvalue weighted by molar-refractivity contribution is 5.94. The molecule has 0 bridgehead atoms. The van der Waals surface area contributed by atoms with E-state index in [-0.39, 0.29) is 5.91 Å². The van der Waals surface area contributed by atoms with E-state index in [2.05, 4.69) is 17.0 Å². The van der Waals surface area contributed by atoms with Gasteiger partial charge in [0.05, 0.1) is 13.7 Å². The van der Waals surface area contributed by atoms with Gasteiger partial charge in [0.1, 0.15) is 17.4 Å². The van der Waals surface area contributed by atoms with Gasteiger partial charge in [-0.2, -0.15) is 0 Å². The molecule has 0 spiro atoms. The van der Waals surface area contributed by atoms with Crippen molar-refractivity contribution in [1.29, 1.82) is 0 Å². The monoisotopic (exact) mass is 438 g/mol. The van der Waals surface area contributed by atoms with Gasteiger partial charge in [-0.1, -0.05) is 6.07 Å². The molecule has 2 aliphatic rings. The molecular weight excluding hydrogens is 404 g/mol. The van der Waals surface area contributed by atoms with Crippen LogP contribution in [0.1, 0.15) is 60.3 Å². The number of carbonyl (C=O) groups excluding carboxylic acids is 1. The first-order valence-electron chi connectivity index (χ1n) is 11.6. The number of aryl methyl sites for hydroxylation is 1. The van der Waals surface area contributed by atoms with Gasteiger partial charge < -0.3 is 9.47 Å². The molecule has 0 saturated carbocycles. The van der Waals surface area contributed by atoms with Crippen molar-refractivity contribution >= 4 is 11.7 Å². The van der Waals surface area contributed by atoms with Crippen LogP contribution >= 0.6 is 0 Å². The third kappa shape index (κ3) is 4.79. The van der Waals surface area contributed by atoms with Gasteiger partial charge >= 0.3 is 0 Å². The number of amides is 1. The second-order valence-corrected chi connectivity index (χ2v) is 8.76. The lowest BCUT2D eigenvalue weighted by Gasteiger charge is -2.32. The maximum atomic E-state index is 12.1. The van der Waals surface area contributed by atoms with Crippen LogP contribution in [0.25, 0.3) is 0 Å². The van der Waals surface area contributed by atoms with E-state index in [1.807, 2.05) is 27.0 Å². The summed E-state index contributed by atoms with van der Waals surface area (Å²) < 4.78 is 11.1. The van der Waals surface area contributed by atoms with Gasteiger partial charge in [0.15, 0.2) is 0 Å². The molecule has 7 heteroatoms. The van der Waals surface area contributed by atoms with E-state index in [0.717, 1.165) is 73.1 Å². The number of nitrogens with zero attached hydrogens (tertiary/aromatic N) is 4. The molecule has 1 saturated heterocycles. The molecular formula is C25H34N4O3. The molecule has 32 heavy (non-hydrogen) atoms. The Hall–Kier alpha value is -2.51. The number of fused-ring (bicyclic) bond motifs is 1. The first-order valence-corrected chi connectivity index (χ1v) is 11.6. The van der Waals surface area contributed by atoms with Crippen molar-refractivity contribution in [3.63, 3.8) is 0 Å². The number of likely N-dealkylation sites (tertiary alicyclic amines) is 1. The Morgan fingerprint density at radius 2 is 1.94 bits per heavy atom. The van der Waals surface area contributed by atoms with Gasteiger partial charge in [-0.15, -0.1) is 0 Å². The largest absolute Gasteiger partial charge is 0.496 e. The summed E-state index contributed by atoms with van der Waals surface area (Å²) in [5.74, 6) is 3.06. The Morgan fingerprint density at radius 1 is 1.16 bits per heavy atom. The maximum Gasteiger partial charge on any atom is 0.228 e. The molecule has 3 heterocycles. The van der Waals surface area contributed by atoms with Crippen LogP contribution in [0, 0.1) is 6.92 Å². The molecule has 0 aliphatic carbocycles. The number of ether oxygens (including phenoxy) is 2. The Labute approximate surface area is 190 Å². The van der Waals surface area contributed by atoms with Crippen molar-refractivity contribution in [3.05, 3.63) is 46.4 Å². The van der Waals surface area contributed by atoms with Crippen molar-refractivity contribution in [3.8, 4) is 5.75 Å². The number of anilines is 1. The number of hydrogen-bond acceptors (Lipinski definition) is 6. The molecule has 1 fully saturated rings. The predicted molar refractivity (Wildman–Crippen MR) is 124 cm³/mol. The van der Waals surface area contributed by atoms with Crippen molar-refractivity contribution in [2.45, 2.75) is 58.6 Å². The van der Waals surface area contributed by atoms with E-state index in [1.54, 1.807) is 12.0 Å². The van der Waals surface area contributed by atoms with Gasteiger partial charge in [0.2, 0.25) is 5.91 Å². The smallest absolute Gasteiger partial charge is 0.228 e. The summed E-state index contributed by atoms with van der Waals surface area (Å²) in [4.78, 5) is 26.0. The highest BCUT2D eigenvalue weighted by Gasteiger charge is 2.28. The van der Waals surface area contributed by atoms with Crippen LogP contribution in [0.2, 0.25) is 0 Å². The van der Waals surface area contributed by atoms with Gasteiger partial charge in [0.25, 0.3) is 0 Å². The van der Waals surface area contributed by atoms with Crippen LogP contribution in [-0.2, 0) is 29.1 Å². The topological polar surface area (TPSA) is 67.8 Å². The average Bonchev–Trinajstić information content (AvgIpc) is 2.81. The summed E-state index contributed by atoms with van der Waals surface area (Å²) in [7, 11) is 3.53. The molecule has 0 atom stereocenters. The lowest BCUT2D eigenvalue weighted by Crippen LogP contribution is -2.35. The van der Waals surface area contributed by atoms with E-state index in [1.165, 1.54) is 5.56 Å². The maximum absolute atomic E-state index is 12.1. The van der Waals surface area contributed by atoms with E-state index in [0.29, 0.717) is 25.6 Å². The summed E-state index contributed by atoms with van der Waals surface area (Å²) in [6, 6.07) is 6.38. The molecule has 0 N–H and O–H groups in total. The van der Waals surface area contributed by atoms with Crippen molar-refractivity contribution in [1.82, 2.24) is 14.9 Å². The standard InChI is InChI=1S/C25H34N4O3/c1-5-32-16-20-14-18(6-8-22(20)31-4)15-29-12-10-19(11-13-29)24-26-17(2)21-7-9-23(30)28(3)25(21)27-24/h6,8,14,19H,5,7,9-13,15-16H2,1-4H3. The van der Waals surface area contributed by atoms with Crippen LogP contribution in [0.5, 0.6) is 5.75 Å². The van der Waals surface area contributed by atoms with Gasteiger partial charge in [-0.25, -0.2) is 9.97 Å². The summed E-state index contributed by atoms with van der Waals surface area (Å²) in [5.41, 5.74) is 4.51. The van der Waals surface area contributed by atoms with Gasteiger partial charge in [-0.3, -0.25) is 14.6 Å². The number of hydrogen-bond donors (Lipinski definition) is 0. The number of rotatable bonds is 7. The average molecular weight is 439 g/mol. The molecule has 0 unspecified atom stereocenters. The summed E-state index contributed by atoms with van der Waals surface area (Å²) in [6.45, 7) is 8.24. The molecule has 4 rings (SSSR count). The Morgan fingerprint density at radius 3 is 2.66 bits per heavy atom. The molecule has 0 radical (unpaired) electrons. The quantitative estimate of drug-likeness (QED) is 0.658. The van der Waals surface area contributed by atoms with Crippen LogP contribution in [0.15, 0.2) is 18.2 Å². The zero-order valence-electron chi connectivity index (χ0n) is 19.7.